The minimum absolute atomic E-state index is 0.167. The van der Waals surface area contributed by atoms with Crippen LogP contribution in [0.15, 0.2) is 12.3 Å². The Kier molecular flexibility index (Phi) is 4.81. The van der Waals surface area contributed by atoms with Crippen LogP contribution in [0.1, 0.15) is 62.6 Å². The average molecular weight is 304 g/mol. The number of rotatable bonds is 5. The molecule has 0 aliphatic carbocycles. The number of hydrogen-bond donors (Lipinski definition) is 2. The highest BCUT2D eigenvalue weighted by atomic mass is 16.3. The molecular formula is C16H24N4O2. The number of aliphatic hydroxyl groups is 1. The van der Waals surface area contributed by atoms with Gasteiger partial charge in [-0.2, -0.15) is 5.10 Å². The number of carbonyl (C=O) groups is 1. The highest BCUT2D eigenvalue weighted by molar-refractivity contribution is 6.05. The van der Waals surface area contributed by atoms with Crippen molar-refractivity contribution in [2.75, 3.05) is 6.54 Å². The molecule has 2 aromatic heterocycles. The standard InChI is InChI=1S/C16H24N4O2/c1-9(2)14-6-12(16(22)17-7-11(5)21)13-8-18-20(10(3)4)15(13)19-14/h6,8-11,21H,7H2,1-5H3,(H,17,22). The molecule has 0 bridgehead atoms. The Hall–Kier alpha value is -1.95. The number of aromatic nitrogens is 3. The van der Waals surface area contributed by atoms with E-state index < -0.39 is 6.10 Å². The molecule has 1 unspecified atom stereocenters. The first-order valence-corrected chi connectivity index (χ1v) is 7.65. The second-order valence-electron chi connectivity index (χ2n) is 6.23. The van der Waals surface area contributed by atoms with Gasteiger partial charge in [-0.1, -0.05) is 13.8 Å². The predicted molar refractivity (Wildman–Crippen MR) is 86.0 cm³/mol. The van der Waals surface area contributed by atoms with Crippen molar-refractivity contribution in [1.82, 2.24) is 20.1 Å². The van der Waals surface area contributed by atoms with Gasteiger partial charge in [0.05, 0.1) is 23.3 Å². The van der Waals surface area contributed by atoms with Gasteiger partial charge in [0.1, 0.15) is 0 Å². The summed E-state index contributed by atoms with van der Waals surface area (Å²) in [6.07, 6.45) is 1.10. The van der Waals surface area contributed by atoms with Gasteiger partial charge in [-0.3, -0.25) is 4.79 Å². The highest BCUT2D eigenvalue weighted by Gasteiger charge is 2.18. The maximum absolute atomic E-state index is 12.4. The maximum atomic E-state index is 12.4. The largest absolute Gasteiger partial charge is 0.392 e. The van der Waals surface area contributed by atoms with Crippen LogP contribution in [-0.4, -0.2) is 38.4 Å². The topological polar surface area (TPSA) is 80.0 Å². The first-order valence-electron chi connectivity index (χ1n) is 7.65. The molecule has 120 valence electrons. The summed E-state index contributed by atoms with van der Waals surface area (Å²) < 4.78 is 1.83. The Morgan fingerprint density at radius 3 is 2.55 bits per heavy atom. The average Bonchev–Trinajstić information content (AvgIpc) is 2.87. The van der Waals surface area contributed by atoms with Crippen LogP contribution in [0.25, 0.3) is 11.0 Å². The fraction of sp³-hybridized carbons (Fsp3) is 0.562. The number of pyridine rings is 1. The van der Waals surface area contributed by atoms with Crippen LogP contribution < -0.4 is 5.32 Å². The van der Waals surface area contributed by atoms with E-state index in [0.717, 1.165) is 16.7 Å². The van der Waals surface area contributed by atoms with E-state index in [1.807, 2.05) is 38.4 Å². The van der Waals surface area contributed by atoms with Crippen molar-refractivity contribution in [2.24, 2.45) is 0 Å². The lowest BCUT2D eigenvalue weighted by Crippen LogP contribution is -2.30. The van der Waals surface area contributed by atoms with Crippen LogP contribution in [0.2, 0.25) is 0 Å². The molecule has 0 aliphatic heterocycles. The van der Waals surface area contributed by atoms with Gasteiger partial charge in [-0.25, -0.2) is 9.67 Å². The van der Waals surface area contributed by atoms with Crippen LogP contribution in [0.5, 0.6) is 0 Å². The third-order valence-corrected chi connectivity index (χ3v) is 3.47. The summed E-state index contributed by atoms with van der Waals surface area (Å²) in [4.78, 5) is 17.1. The second kappa shape index (κ2) is 6.44. The molecule has 0 saturated heterocycles. The van der Waals surface area contributed by atoms with Crippen molar-refractivity contribution in [2.45, 2.75) is 52.7 Å². The molecular weight excluding hydrogens is 280 g/mol. The van der Waals surface area contributed by atoms with E-state index in [-0.39, 0.29) is 24.4 Å². The summed E-state index contributed by atoms with van der Waals surface area (Å²) >= 11 is 0. The van der Waals surface area contributed by atoms with Crippen LogP contribution >= 0.6 is 0 Å². The van der Waals surface area contributed by atoms with E-state index in [9.17, 15) is 9.90 Å². The molecule has 1 atom stereocenters. The number of nitrogens with zero attached hydrogens (tertiary/aromatic N) is 3. The normalized spacial score (nSPS) is 13.1. The van der Waals surface area contributed by atoms with Crippen molar-refractivity contribution in [3.63, 3.8) is 0 Å². The van der Waals surface area contributed by atoms with E-state index >= 15 is 0 Å². The Bertz CT molecular complexity index is 674. The molecule has 2 N–H and O–H groups in total. The number of fused-ring (bicyclic) bond motifs is 1. The zero-order valence-corrected chi connectivity index (χ0v) is 13.8. The third kappa shape index (κ3) is 3.27. The summed E-state index contributed by atoms with van der Waals surface area (Å²) in [5.74, 6) is 0.00161. The summed E-state index contributed by atoms with van der Waals surface area (Å²) in [6, 6.07) is 1.98. The molecule has 2 aromatic rings. The minimum atomic E-state index is -0.579. The molecule has 1 amide bonds. The SMILES string of the molecule is CC(O)CNC(=O)c1cc(C(C)C)nc2c1cnn2C(C)C. The molecule has 0 fully saturated rings. The Balaban J connectivity index is 2.54. The first-order chi connectivity index (χ1) is 10.3. The quantitative estimate of drug-likeness (QED) is 0.888. The Morgan fingerprint density at radius 2 is 2.00 bits per heavy atom. The lowest BCUT2D eigenvalue weighted by molar-refractivity contribution is 0.0925. The van der Waals surface area contributed by atoms with Crippen LogP contribution in [0, 0.1) is 0 Å². The summed E-state index contributed by atoms with van der Waals surface area (Å²) in [6.45, 7) is 10.0. The number of amides is 1. The van der Waals surface area contributed by atoms with Crippen LogP contribution in [-0.2, 0) is 0 Å². The molecule has 0 aliphatic rings. The van der Waals surface area contributed by atoms with Gasteiger partial charge >= 0.3 is 0 Å². The first kappa shape index (κ1) is 16.4. The number of aliphatic hydroxyl groups excluding tert-OH is 1. The fourth-order valence-electron chi connectivity index (χ4n) is 2.23. The molecule has 0 aromatic carbocycles. The van der Waals surface area contributed by atoms with Gasteiger partial charge < -0.3 is 10.4 Å². The summed E-state index contributed by atoms with van der Waals surface area (Å²) in [5, 5.41) is 17.2. The molecule has 6 nitrogen and oxygen atoms in total. The molecule has 0 spiro atoms. The van der Waals surface area contributed by atoms with Crippen molar-refractivity contribution < 1.29 is 9.90 Å². The number of nitrogens with one attached hydrogen (secondary N) is 1. The van der Waals surface area contributed by atoms with E-state index in [1.165, 1.54) is 0 Å². The van der Waals surface area contributed by atoms with Crippen LogP contribution in [0.3, 0.4) is 0 Å². The third-order valence-electron chi connectivity index (χ3n) is 3.47. The van der Waals surface area contributed by atoms with E-state index in [0.29, 0.717) is 5.56 Å². The highest BCUT2D eigenvalue weighted by Crippen LogP contribution is 2.24. The molecule has 2 heterocycles. The molecule has 0 saturated carbocycles. The lowest BCUT2D eigenvalue weighted by atomic mass is 10.0. The van der Waals surface area contributed by atoms with Crippen molar-refractivity contribution in [3.8, 4) is 0 Å². The van der Waals surface area contributed by atoms with Crippen LogP contribution in [0.4, 0.5) is 0 Å². The molecule has 22 heavy (non-hydrogen) atoms. The number of carbonyl (C=O) groups excluding carboxylic acids is 1. The van der Waals surface area contributed by atoms with Gasteiger partial charge in [0, 0.05) is 18.3 Å². The van der Waals surface area contributed by atoms with Gasteiger partial charge in [0.2, 0.25) is 0 Å². The minimum Gasteiger partial charge on any atom is -0.392 e. The lowest BCUT2D eigenvalue weighted by Gasteiger charge is -2.13. The Labute approximate surface area is 130 Å². The molecule has 0 radical (unpaired) electrons. The van der Waals surface area contributed by atoms with E-state index in [2.05, 4.69) is 15.4 Å². The second-order valence-corrected chi connectivity index (χ2v) is 6.23. The monoisotopic (exact) mass is 304 g/mol. The summed E-state index contributed by atoms with van der Waals surface area (Å²) in [5.41, 5.74) is 2.14. The van der Waals surface area contributed by atoms with Crippen molar-refractivity contribution in [1.29, 1.82) is 0 Å². The van der Waals surface area contributed by atoms with Gasteiger partial charge in [0.15, 0.2) is 5.65 Å². The zero-order chi connectivity index (χ0) is 16.4. The molecule has 2 rings (SSSR count). The van der Waals surface area contributed by atoms with E-state index in [1.54, 1.807) is 13.1 Å². The maximum Gasteiger partial charge on any atom is 0.252 e. The van der Waals surface area contributed by atoms with Gasteiger partial charge in [-0.05, 0) is 32.8 Å². The zero-order valence-electron chi connectivity index (χ0n) is 13.8. The fourth-order valence-corrected chi connectivity index (χ4v) is 2.23. The van der Waals surface area contributed by atoms with E-state index in [4.69, 9.17) is 0 Å². The summed E-state index contributed by atoms with van der Waals surface area (Å²) in [7, 11) is 0. The smallest absolute Gasteiger partial charge is 0.252 e. The number of hydrogen-bond acceptors (Lipinski definition) is 4. The van der Waals surface area contributed by atoms with Gasteiger partial charge in [-0.15, -0.1) is 0 Å². The molecule has 6 heteroatoms. The Morgan fingerprint density at radius 1 is 1.32 bits per heavy atom. The predicted octanol–water partition coefficient (Wildman–Crippen LogP) is 2.25. The van der Waals surface area contributed by atoms with Gasteiger partial charge in [0.25, 0.3) is 5.91 Å². The van der Waals surface area contributed by atoms with Crippen molar-refractivity contribution >= 4 is 16.9 Å². The van der Waals surface area contributed by atoms with Crippen molar-refractivity contribution in [3.05, 3.63) is 23.5 Å².